The molecule has 0 saturated heterocycles. The van der Waals surface area contributed by atoms with E-state index in [4.69, 9.17) is 9.47 Å². The van der Waals surface area contributed by atoms with Gasteiger partial charge in [-0.3, -0.25) is 0 Å². The summed E-state index contributed by atoms with van der Waals surface area (Å²) in [5.74, 6) is 2.74. The standard InChI is InChI=1S/C16H18N4O2/c1-4-14-11(3)19-16-17-10-18-20(16)15(14)22-13-8-6-12(7-9-13)21-5-2/h6-10H,4-5H2,1-3H3. The second kappa shape index (κ2) is 6.01. The Morgan fingerprint density at radius 1 is 1.09 bits per heavy atom. The zero-order valence-corrected chi connectivity index (χ0v) is 12.9. The van der Waals surface area contributed by atoms with Gasteiger partial charge in [0.15, 0.2) is 0 Å². The minimum absolute atomic E-state index is 0.538. The highest BCUT2D eigenvalue weighted by atomic mass is 16.5. The van der Waals surface area contributed by atoms with Crippen molar-refractivity contribution >= 4 is 5.78 Å². The van der Waals surface area contributed by atoms with Gasteiger partial charge in [0.05, 0.1) is 6.61 Å². The van der Waals surface area contributed by atoms with Crippen molar-refractivity contribution in [1.82, 2.24) is 19.6 Å². The van der Waals surface area contributed by atoms with Gasteiger partial charge in [0.25, 0.3) is 5.78 Å². The van der Waals surface area contributed by atoms with Crippen molar-refractivity contribution in [3.63, 3.8) is 0 Å². The first-order chi connectivity index (χ1) is 10.7. The molecule has 0 unspecified atom stereocenters. The summed E-state index contributed by atoms with van der Waals surface area (Å²) >= 11 is 0. The van der Waals surface area contributed by atoms with Gasteiger partial charge < -0.3 is 9.47 Å². The summed E-state index contributed by atoms with van der Waals surface area (Å²) < 4.78 is 13.1. The molecule has 0 aliphatic carbocycles. The van der Waals surface area contributed by atoms with E-state index in [0.29, 0.717) is 18.3 Å². The van der Waals surface area contributed by atoms with E-state index in [9.17, 15) is 0 Å². The Bertz CT molecular complexity index is 781. The van der Waals surface area contributed by atoms with Gasteiger partial charge in [0.1, 0.15) is 17.8 Å². The van der Waals surface area contributed by atoms with Gasteiger partial charge in [-0.25, -0.2) is 4.98 Å². The fourth-order valence-electron chi connectivity index (χ4n) is 2.35. The van der Waals surface area contributed by atoms with Crippen molar-refractivity contribution in [1.29, 1.82) is 0 Å². The smallest absolute Gasteiger partial charge is 0.255 e. The molecule has 0 aliphatic rings. The van der Waals surface area contributed by atoms with E-state index >= 15 is 0 Å². The van der Waals surface area contributed by atoms with Crippen molar-refractivity contribution in [2.24, 2.45) is 0 Å². The Morgan fingerprint density at radius 3 is 2.50 bits per heavy atom. The fraction of sp³-hybridized carbons (Fsp3) is 0.312. The largest absolute Gasteiger partial charge is 0.494 e. The minimum Gasteiger partial charge on any atom is -0.494 e. The van der Waals surface area contributed by atoms with E-state index in [1.807, 2.05) is 38.1 Å². The second-order valence-electron chi connectivity index (χ2n) is 4.81. The third-order valence-electron chi connectivity index (χ3n) is 3.39. The zero-order chi connectivity index (χ0) is 15.5. The van der Waals surface area contributed by atoms with Crippen LogP contribution in [0.3, 0.4) is 0 Å². The SMILES string of the molecule is CCOc1ccc(Oc2c(CC)c(C)nc3ncnn23)cc1. The summed E-state index contributed by atoms with van der Waals surface area (Å²) in [6, 6.07) is 7.53. The molecule has 3 rings (SSSR count). The fourth-order valence-corrected chi connectivity index (χ4v) is 2.35. The molecule has 114 valence electrons. The summed E-state index contributed by atoms with van der Waals surface area (Å²) in [7, 11) is 0. The number of ether oxygens (including phenoxy) is 2. The number of rotatable bonds is 5. The first-order valence-corrected chi connectivity index (χ1v) is 7.32. The van der Waals surface area contributed by atoms with Crippen molar-refractivity contribution in [2.75, 3.05) is 6.61 Å². The van der Waals surface area contributed by atoms with E-state index in [2.05, 4.69) is 22.0 Å². The van der Waals surface area contributed by atoms with Crippen molar-refractivity contribution in [3.05, 3.63) is 41.9 Å². The van der Waals surface area contributed by atoms with Crippen LogP contribution in [0.25, 0.3) is 5.78 Å². The molecule has 0 bridgehead atoms. The predicted octanol–water partition coefficient (Wildman–Crippen LogP) is 3.19. The van der Waals surface area contributed by atoms with E-state index < -0.39 is 0 Å². The summed E-state index contributed by atoms with van der Waals surface area (Å²) in [6.45, 7) is 6.62. The van der Waals surface area contributed by atoms with Gasteiger partial charge >= 0.3 is 0 Å². The van der Waals surface area contributed by atoms with E-state index in [1.165, 1.54) is 6.33 Å². The third kappa shape index (κ3) is 2.59. The predicted molar refractivity (Wildman–Crippen MR) is 82.6 cm³/mol. The van der Waals surface area contributed by atoms with Crippen LogP contribution >= 0.6 is 0 Å². The number of hydrogen-bond donors (Lipinski definition) is 0. The molecule has 6 heteroatoms. The Kier molecular flexibility index (Phi) is 3.91. The van der Waals surface area contributed by atoms with Crippen LogP contribution in [0.15, 0.2) is 30.6 Å². The average Bonchev–Trinajstić information content (AvgIpc) is 2.97. The Balaban J connectivity index is 2.00. The molecule has 1 aromatic carbocycles. The summed E-state index contributed by atoms with van der Waals surface area (Å²) in [5, 5.41) is 4.20. The van der Waals surface area contributed by atoms with Crippen LogP contribution in [0.1, 0.15) is 25.1 Å². The van der Waals surface area contributed by atoms with Gasteiger partial charge in [0.2, 0.25) is 5.88 Å². The van der Waals surface area contributed by atoms with Crippen molar-refractivity contribution < 1.29 is 9.47 Å². The molecular formula is C16H18N4O2. The molecule has 6 nitrogen and oxygen atoms in total. The molecule has 2 aromatic heterocycles. The molecule has 0 amide bonds. The number of aromatic nitrogens is 4. The molecule has 22 heavy (non-hydrogen) atoms. The Hall–Kier alpha value is -2.63. The maximum atomic E-state index is 6.05. The normalized spacial score (nSPS) is 10.9. The number of nitrogens with zero attached hydrogens (tertiary/aromatic N) is 4. The van der Waals surface area contributed by atoms with Gasteiger partial charge in [-0.15, -0.1) is 0 Å². The average molecular weight is 298 g/mol. The molecule has 0 radical (unpaired) electrons. The third-order valence-corrected chi connectivity index (χ3v) is 3.39. The highest BCUT2D eigenvalue weighted by Crippen LogP contribution is 2.28. The molecule has 0 N–H and O–H groups in total. The molecule has 3 aromatic rings. The number of benzene rings is 1. The van der Waals surface area contributed by atoms with Crippen molar-refractivity contribution in [3.8, 4) is 17.4 Å². The van der Waals surface area contributed by atoms with Gasteiger partial charge in [-0.2, -0.15) is 14.6 Å². The molecule has 2 heterocycles. The number of aryl methyl sites for hydroxylation is 1. The summed E-state index contributed by atoms with van der Waals surface area (Å²) in [5.41, 5.74) is 1.93. The Morgan fingerprint density at radius 2 is 1.82 bits per heavy atom. The van der Waals surface area contributed by atoms with Crippen LogP contribution in [0, 0.1) is 6.92 Å². The maximum Gasteiger partial charge on any atom is 0.255 e. The molecule has 0 atom stereocenters. The van der Waals surface area contributed by atoms with Crippen LogP contribution in [-0.2, 0) is 6.42 Å². The summed E-state index contributed by atoms with van der Waals surface area (Å²) in [4.78, 5) is 8.57. The molecule has 0 saturated carbocycles. The first kappa shape index (κ1) is 14.3. The monoisotopic (exact) mass is 298 g/mol. The lowest BCUT2D eigenvalue weighted by Gasteiger charge is -2.13. The number of hydrogen-bond acceptors (Lipinski definition) is 5. The minimum atomic E-state index is 0.538. The maximum absolute atomic E-state index is 6.05. The lowest BCUT2D eigenvalue weighted by atomic mass is 10.2. The summed E-state index contributed by atoms with van der Waals surface area (Å²) in [6.07, 6.45) is 2.28. The first-order valence-electron chi connectivity index (χ1n) is 7.32. The van der Waals surface area contributed by atoms with Crippen molar-refractivity contribution in [2.45, 2.75) is 27.2 Å². The Labute approximate surface area is 128 Å². The lowest BCUT2D eigenvalue weighted by Crippen LogP contribution is -2.05. The van der Waals surface area contributed by atoms with E-state index in [1.54, 1.807) is 4.52 Å². The van der Waals surface area contributed by atoms with Crippen LogP contribution < -0.4 is 9.47 Å². The zero-order valence-electron chi connectivity index (χ0n) is 12.9. The molecule has 0 spiro atoms. The molecule has 0 aliphatic heterocycles. The topological polar surface area (TPSA) is 61.5 Å². The van der Waals surface area contributed by atoms with Crippen LogP contribution in [0.5, 0.6) is 17.4 Å². The van der Waals surface area contributed by atoms with Crippen LogP contribution in [0.2, 0.25) is 0 Å². The van der Waals surface area contributed by atoms with Crippen LogP contribution in [-0.4, -0.2) is 26.2 Å². The van der Waals surface area contributed by atoms with E-state index in [-0.39, 0.29) is 0 Å². The molecule has 0 fully saturated rings. The lowest BCUT2D eigenvalue weighted by molar-refractivity contribution is 0.339. The van der Waals surface area contributed by atoms with Gasteiger partial charge in [-0.05, 0) is 44.5 Å². The highest BCUT2D eigenvalue weighted by molar-refractivity contribution is 5.43. The number of fused-ring (bicyclic) bond motifs is 1. The second-order valence-corrected chi connectivity index (χ2v) is 4.81. The van der Waals surface area contributed by atoms with Gasteiger partial charge in [0, 0.05) is 11.3 Å². The van der Waals surface area contributed by atoms with E-state index in [0.717, 1.165) is 29.2 Å². The highest BCUT2D eigenvalue weighted by Gasteiger charge is 2.15. The van der Waals surface area contributed by atoms with Gasteiger partial charge in [-0.1, -0.05) is 6.92 Å². The van der Waals surface area contributed by atoms with Crippen LogP contribution in [0.4, 0.5) is 0 Å². The molecular weight excluding hydrogens is 280 g/mol. The quantitative estimate of drug-likeness (QED) is 0.724.